The maximum absolute atomic E-state index is 11.1. The maximum Gasteiger partial charge on any atom is 0.303 e. The van der Waals surface area contributed by atoms with Gasteiger partial charge in [0.15, 0.2) is 18.5 Å². The Bertz CT molecular complexity index is 408. The molecule has 0 aliphatic carbocycles. The number of rotatable bonds is 3. The summed E-state index contributed by atoms with van der Waals surface area (Å²) in [5.41, 5.74) is 8.47. The van der Waals surface area contributed by atoms with Gasteiger partial charge in [-0.1, -0.05) is 5.11 Å². The number of nitrogens with zero attached hydrogens (tertiary/aromatic N) is 3. The Hall–Kier alpha value is -1.83. The molecule has 9 heteroatoms. The summed E-state index contributed by atoms with van der Waals surface area (Å²) in [5, 5.41) is 13.0. The number of carbonyl (C=O) groups excluding carboxylic acids is 2. The standard InChI is InChI=1S/C10H15N3O6/c1-4-8(18-5(2)14)9(19-6(3)15)7(12-13-11)10(16)17-4/h4,7-10,16H,1-3H3/t4-,7-,8+,9-,10?/m0/s1. The van der Waals surface area contributed by atoms with Crippen LogP contribution in [-0.4, -0.2) is 47.7 Å². The number of esters is 2. The molecule has 1 aliphatic rings. The lowest BCUT2D eigenvalue weighted by atomic mass is 9.97. The fourth-order valence-electron chi connectivity index (χ4n) is 1.87. The highest BCUT2D eigenvalue weighted by molar-refractivity contribution is 5.67. The molecule has 1 rings (SSSR count). The molecule has 9 nitrogen and oxygen atoms in total. The summed E-state index contributed by atoms with van der Waals surface area (Å²) in [7, 11) is 0. The highest BCUT2D eigenvalue weighted by Crippen LogP contribution is 2.27. The number of carbonyl (C=O) groups is 2. The molecule has 0 amide bonds. The number of aliphatic hydroxyl groups excluding tert-OH is 1. The lowest BCUT2D eigenvalue weighted by molar-refractivity contribution is -0.249. The van der Waals surface area contributed by atoms with Gasteiger partial charge in [0, 0.05) is 18.8 Å². The molecule has 106 valence electrons. The third-order valence-electron chi connectivity index (χ3n) is 2.56. The first-order valence-electron chi connectivity index (χ1n) is 5.59. The molecule has 0 radical (unpaired) electrons. The minimum Gasteiger partial charge on any atom is -0.458 e. The molecule has 0 bridgehead atoms. The fourth-order valence-corrected chi connectivity index (χ4v) is 1.87. The van der Waals surface area contributed by atoms with Crippen molar-refractivity contribution in [3.8, 4) is 0 Å². The van der Waals surface area contributed by atoms with Crippen LogP contribution in [-0.2, 0) is 23.8 Å². The molecule has 1 heterocycles. The fraction of sp³-hybridized carbons (Fsp3) is 0.800. The summed E-state index contributed by atoms with van der Waals surface area (Å²) in [4.78, 5) is 24.7. The van der Waals surface area contributed by atoms with Crippen molar-refractivity contribution in [3.63, 3.8) is 0 Å². The van der Waals surface area contributed by atoms with Crippen LogP contribution in [0.3, 0.4) is 0 Å². The zero-order valence-electron chi connectivity index (χ0n) is 10.7. The molecular weight excluding hydrogens is 258 g/mol. The van der Waals surface area contributed by atoms with Crippen molar-refractivity contribution >= 4 is 11.9 Å². The molecule has 1 saturated heterocycles. The normalized spacial score (nSPS) is 34.0. The smallest absolute Gasteiger partial charge is 0.303 e. The Kier molecular flexibility index (Phi) is 5.11. The van der Waals surface area contributed by atoms with Crippen LogP contribution in [0.5, 0.6) is 0 Å². The maximum atomic E-state index is 11.1. The minimum absolute atomic E-state index is 0.603. The van der Waals surface area contributed by atoms with Crippen molar-refractivity contribution in [2.45, 2.75) is 51.4 Å². The largest absolute Gasteiger partial charge is 0.458 e. The van der Waals surface area contributed by atoms with Gasteiger partial charge in [-0.15, -0.1) is 0 Å². The van der Waals surface area contributed by atoms with Crippen molar-refractivity contribution in [2.75, 3.05) is 0 Å². The molecule has 5 atom stereocenters. The van der Waals surface area contributed by atoms with Crippen LogP contribution in [0.15, 0.2) is 5.11 Å². The van der Waals surface area contributed by atoms with Gasteiger partial charge in [-0.05, 0) is 12.5 Å². The van der Waals surface area contributed by atoms with Crippen LogP contribution in [0.1, 0.15) is 20.8 Å². The van der Waals surface area contributed by atoms with E-state index in [1.54, 1.807) is 6.92 Å². The van der Waals surface area contributed by atoms with Gasteiger partial charge < -0.3 is 19.3 Å². The van der Waals surface area contributed by atoms with E-state index in [2.05, 4.69) is 10.0 Å². The second-order valence-corrected chi connectivity index (χ2v) is 4.08. The van der Waals surface area contributed by atoms with Gasteiger partial charge in [0.1, 0.15) is 6.04 Å². The highest BCUT2D eigenvalue weighted by Gasteiger charge is 2.47. The van der Waals surface area contributed by atoms with E-state index >= 15 is 0 Å². The summed E-state index contributed by atoms with van der Waals surface area (Å²) < 4.78 is 15.1. The van der Waals surface area contributed by atoms with Crippen LogP contribution in [0.2, 0.25) is 0 Å². The van der Waals surface area contributed by atoms with E-state index in [0.29, 0.717) is 0 Å². The van der Waals surface area contributed by atoms with Crippen molar-refractivity contribution < 1.29 is 28.9 Å². The molecule has 1 aliphatic heterocycles. The molecule has 0 aromatic rings. The molecule has 0 aromatic heterocycles. The average Bonchev–Trinajstić information content (AvgIpc) is 2.28. The number of hydrogen-bond acceptors (Lipinski definition) is 7. The number of azide groups is 1. The third-order valence-corrected chi connectivity index (χ3v) is 2.56. The van der Waals surface area contributed by atoms with Gasteiger partial charge in [0.2, 0.25) is 0 Å². The van der Waals surface area contributed by atoms with Crippen LogP contribution in [0.25, 0.3) is 10.4 Å². The van der Waals surface area contributed by atoms with E-state index < -0.39 is 42.6 Å². The average molecular weight is 273 g/mol. The molecule has 1 unspecified atom stereocenters. The van der Waals surface area contributed by atoms with E-state index in [4.69, 9.17) is 19.7 Å². The second-order valence-electron chi connectivity index (χ2n) is 4.08. The first-order valence-corrected chi connectivity index (χ1v) is 5.59. The Labute approximate surface area is 109 Å². The number of ether oxygens (including phenoxy) is 3. The van der Waals surface area contributed by atoms with Crippen molar-refractivity contribution in [3.05, 3.63) is 10.4 Å². The summed E-state index contributed by atoms with van der Waals surface area (Å²) in [6.45, 7) is 3.88. The molecule has 1 fully saturated rings. The van der Waals surface area contributed by atoms with E-state index in [1.165, 1.54) is 6.92 Å². The van der Waals surface area contributed by atoms with Gasteiger partial charge in [-0.25, -0.2) is 0 Å². The molecule has 0 aromatic carbocycles. The van der Waals surface area contributed by atoms with Crippen molar-refractivity contribution in [1.29, 1.82) is 0 Å². The summed E-state index contributed by atoms with van der Waals surface area (Å²) in [6.07, 6.45) is -4.22. The van der Waals surface area contributed by atoms with Crippen molar-refractivity contribution in [1.82, 2.24) is 0 Å². The molecule has 19 heavy (non-hydrogen) atoms. The quantitative estimate of drug-likeness (QED) is 0.339. The van der Waals surface area contributed by atoms with Gasteiger partial charge in [0.05, 0.1) is 6.10 Å². The first-order chi connectivity index (χ1) is 8.86. The molecule has 0 spiro atoms. The Morgan fingerprint density at radius 2 is 1.79 bits per heavy atom. The summed E-state index contributed by atoms with van der Waals surface area (Å²) >= 11 is 0. The van der Waals surface area contributed by atoms with Crippen LogP contribution in [0, 0.1) is 0 Å². The topological polar surface area (TPSA) is 131 Å². The number of hydrogen-bond donors (Lipinski definition) is 1. The molecular formula is C10H15N3O6. The minimum atomic E-state index is -1.44. The van der Waals surface area contributed by atoms with Crippen LogP contribution < -0.4 is 0 Å². The van der Waals surface area contributed by atoms with Crippen LogP contribution >= 0.6 is 0 Å². The predicted octanol–water partition coefficient (Wildman–Crippen LogP) is 0.266. The van der Waals surface area contributed by atoms with E-state index in [0.717, 1.165) is 6.92 Å². The lowest BCUT2D eigenvalue weighted by Crippen LogP contribution is -2.58. The Morgan fingerprint density at radius 1 is 1.26 bits per heavy atom. The monoisotopic (exact) mass is 273 g/mol. The molecule has 0 saturated carbocycles. The Balaban J connectivity index is 3.05. The van der Waals surface area contributed by atoms with Gasteiger partial charge >= 0.3 is 11.9 Å². The lowest BCUT2D eigenvalue weighted by Gasteiger charge is -2.40. The zero-order chi connectivity index (χ0) is 14.6. The van der Waals surface area contributed by atoms with Gasteiger partial charge in [-0.3, -0.25) is 9.59 Å². The predicted molar refractivity (Wildman–Crippen MR) is 60.6 cm³/mol. The van der Waals surface area contributed by atoms with E-state index in [9.17, 15) is 14.7 Å². The summed E-state index contributed by atoms with van der Waals surface area (Å²) in [6, 6.07) is -1.19. The molecule has 1 N–H and O–H groups in total. The number of aliphatic hydroxyl groups is 1. The summed E-state index contributed by atoms with van der Waals surface area (Å²) in [5.74, 6) is -1.25. The zero-order valence-corrected chi connectivity index (χ0v) is 10.7. The van der Waals surface area contributed by atoms with Crippen molar-refractivity contribution in [2.24, 2.45) is 5.11 Å². The van der Waals surface area contributed by atoms with Gasteiger partial charge in [-0.2, -0.15) is 0 Å². The van der Waals surface area contributed by atoms with Crippen LogP contribution in [0.4, 0.5) is 0 Å². The van der Waals surface area contributed by atoms with E-state index in [-0.39, 0.29) is 0 Å². The first kappa shape index (κ1) is 15.2. The second kappa shape index (κ2) is 6.37. The third kappa shape index (κ3) is 3.82. The Morgan fingerprint density at radius 3 is 2.26 bits per heavy atom. The van der Waals surface area contributed by atoms with Gasteiger partial charge in [0.25, 0.3) is 0 Å². The van der Waals surface area contributed by atoms with E-state index in [1.807, 2.05) is 0 Å². The SMILES string of the molecule is CC(=O)O[C@@H]1[C@H](OC(C)=O)[C@H](C)OC(O)[C@H]1N=[N+]=[N-]. The highest BCUT2D eigenvalue weighted by atomic mass is 16.7.